The van der Waals surface area contributed by atoms with Crippen LogP contribution in [-0.4, -0.2) is 24.5 Å². The first-order valence-electron chi connectivity index (χ1n) is 6.23. The maximum absolute atomic E-state index is 12.5. The van der Waals surface area contributed by atoms with E-state index in [1.165, 1.54) is 0 Å². The zero-order chi connectivity index (χ0) is 14.8. The Balaban J connectivity index is 2.18. The smallest absolute Gasteiger partial charge is 0.391 e. The summed E-state index contributed by atoms with van der Waals surface area (Å²) in [5, 5.41) is 0. The summed E-state index contributed by atoms with van der Waals surface area (Å²) in [4.78, 5) is 15.6. The van der Waals surface area contributed by atoms with Crippen LogP contribution in [0.1, 0.15) is 24.9 Å². The van der Waals surface area contributed by atoms with Crippen molar-refractivity contribution in [1.82, 2.24) is 0 Å². The first-order valence-corrected chi connectivity index (χ1v) is 6.23. The molecule has 1 aliphatic rings. The van der Waals surface area contributed by atoms with Crippen LogP contribution in [0.2, 0.25) is 0 Å². The Morgan fingerprint density at radius 1 is 1.35 bits per heavy atom. The quantitative estimate of drug-likeness (QED) is 0.799. The van der Waals surface area contributed by atoms with Gasteiger partial charge in [-0.15, -0.1) is 0 Å². The molecule has 0 bridgehead atoms. The van der Waals surface area contributed by atoms with E-state index in [1.54, 1.807) is 24.3 Å². The molecule has 6 heteroatoms. The van der Waals surface area contributed by atoms with Gasteiger partial charge in [0, 0.05) is 6.42 Å². The lowest BCUT2D eigenvalue weighted by molar-refractivity contribution is -0.167. The molecule has 0 N–H and O–H groups in total. The van der Waals surface area contributed by atoms with Crippen LogP contribution in [-0.2, 0) is 9.53 Å². The number of carbonyl (C=O) groups excluding carboxylic acids is 1. The predicted molar refractivity (Wildman–Crippen MR) is 67.4 cm³/mol. The van der Waals surface area contributed by atoms with Gasteiger partial charge in [-0.05, 0) is 5.56 Å². The summed E-state index contributed by atoms with van der Waals surface area (Å²) < 4.78 is 42.6. The molecule has 1 aromatic carbocycles. The fraction of sp³-hybridized carbons (Fsp3) is 0.429. The van der Waals surface area contributed by atoms with Gasteiger partial charge in [0.2, 0.25) is 0 Å². The van der Waals surface area contributed by atoms with Crippen LogP contribution < -0.4 is 0 Å². The van der Waals surface area contributed by atoms with E-state index < -0.39 is 30.5 Å². The number of esters is 1. The number of rotatable bonds is 3. The molecule has 1 aliphatic heterocycles. The van der Waals surface area contributed by atoms with Crippen molar-refractivity contribution in [1.29, 1.82) is 0 Å². The van der Waals surface area contributed by atoms with Crippen molar-refractivity contribution in [2.24, 2.45) is 10.9 Å². The summed E-state index contributed by atoms with van der Waals surface area (Å²) in [7, 11) is 0. The Labute approximate surface area is 114 Å². The molecule has 0 radical (unpaired) electrons. The summed E-state index contributed by atoms with van der Waals surface area (Å²) in [5.41, 5.74) is 0.673. The van der Waals surface area contributed by atoms with Gasteiger partial charge in [-0.2, -0.15) is 13.2 Å². The minimum absolute atomic E-state index is 0.0622. The largest absolute Gasteiger partial charge is 0.459 e. The molecule has 0 fully saturated rings. The van der Waals surface area contributed by atoms with Gasteiger partial charge in [0.05, 0.1) is 5.92 Å². The number of hydrogen-bond acceptors (Lipinski definition) is 3. The van der Waals surface area contributed by atoms with Gasteiger partial charge < -0.3 is 4.74 Å². The second-order valence-electron chi connectivity index (χ2n) is 4.75. The maximum Gasteiger partial charge on any atom is 0.391 e. The van der Waals surface area contributed by atoms with E-state index >= 15 is 0 Å². The van der Waals surface area contributed by atoms with Crippen LogP contribution in [0.25, 0.3) is 0 Å². The van der Waals surface area contributed by atoms with Crippen molar-refractivity contribution in [2.45, 2.75) is 25.6 Å². The molecule has 108 valence electrons. The Kier molecular flexibility index (Phi) is 4.11. The number of cyclic esters (lactones) is 1. The third kappa shape index (κ3) is 3.37. The van der Waals surface area contributed by atoms with E-state index in [9.17, 15) is 18.0 Å². The maximum atomic E-state index is 12.5. The molecule has 0 spiro atoms. The minimum atomic E-state index is -4.34. The van der Waals surface area contributed by atoms with Crippen molar-refractivity contribution in [3.8, 4) is 0 Å². The standard InChI is InChI=1S/C14H14F3NO2/c1-9(14(15,16)17)7-11-13(19)20-8-12(18-11)10-5-3-2-4-6-10/h2-6,9,12H,7-8H2,1H3/t9-,12-/m1/s1. The Morgan fingerprint density at radius 2 is 2.00 bits per heavy atom. The van der Waals surface area contributed by atoms with Gasteiger partial charge in [-0.3, -0.25) is 4.99 Å². The third-order valence-corrected chi connectivity index (χ3v) is 3.16. The van der Waals surface area contributed by atoms with Crippen LogP contribution in [0.4, 0.5) is 13.2 Å². The average Bonchev–Trinajstić information content (AvgIpc) is 2.41. The van der Waals surface area contributed by atoms with E-state index in [4.69, 9.17) is 4.74 Å². The number of hydrogen-bond donors (Lipinski definition) is 0. The zero-order valence-electron chi connectivity index (χ0n) is 10.9. The van der Waals surface area contributed by atoms with Crippen molar-refractivity contribution in [3.05, 3.63) is 35.9 Å². The molecular formula is C14H14F3NO2. The summed E-state index contributed by atoms with van der Waals surface area (Å²) in [6.07, 6.45) is -4.80. The van der Waals surface area contributed by atoms with E-state index in [-0.39, 0.29) is 12.3 Å². The molecule has 0 amide bonds. The van der Waals surface area contributed by atoms with Crippen LogP contribution in [0, 0.1) is 5.92 Å². The summed E-state index contributed by atoms with van der Waals surface area (Å²) in [5.74, 6) is -2.38. The van der Waals surface area contributed by atoms with Gasteiger partial charge in [0.15, 0.2) is 0 Å². The van der Waals surface area contributed by atoms with Crippen LogP contribution in [0.5, 0.6) is 0 Å². The summed E-state index contributed by atoms with van der Waals surface area (Å²) in [6, 6.07) is 8.62. The second-order valence-corrected chi connectivity index (χ2v) is 4.75. The molecule has 0 aliphatic carbocycles. The average molecular weight is 285 g/mol. The highest BCUT2D eigenvalue weighted by atomic mass is 19.4. The lowest BCUT2D eigenvalue weighted by atomic mass is 10.0. The SMILES string of the molecule is C[C@H](CC1=N[C@@H](c2ccccc2)COC1=O)C(F)(F)F. The number of alkyl halides is 3. The monoisotopic (exact) mass is 285 g/mol. The van der Waals surface area contributed by atoms with E-state index in [1.807, 2.05) is 6.07 Å². The minimum Gasteiger partial charge on any atom is -0.459 e. The van der Waals surface area contributed by atoms with Crippen molar-refractivity contribution >= 4 is 11.7 Å². The molecule has 0 aromatic heterocycles. The third-order valence-electron chi connectivity index (χ3n) is 3.16. The lowest BCUT2D eigenvalue weighted by Gasteiger charge is -2.23. The predicted octanol–water partition coefficient (Wildman–Crippen LogP) is 3.31. The zero-order valence-corrected chi connectivity index (χ0v) is 10.9. The molecule has 1 aromatic rings. The Bertz CT molecular complexity index is 511. The summed E-state index contributed by atoms with van der Waals surface area (Å²) >= 11 is 0. The van der Waals surface area contributed by atoms with Crippen LogP contribution >= 0.6 is 0 Å². The van der Waals surface area contributed by atoms with Gasteiger partial charge in [-0.25, -0.2) is 4.79 Å². The number of benzene rings is 1. The van der Waals surface area contributed by atoms with Gasteiger partial charge in [0.1, 0.15) is 18.4 Å². The number of aliphatic imine (C=N–C) groups is 1. The molecular weight excluding hydrogens is 271 g/mol. The lowest BCUT2D eigenvalue weighted by Crippen LogP contribution is -2.31. The number of halogens is 3. The van der Waals surface area contributed by atoms with E-state index in [0.29, 0.717) is 0 Å². The molecule has 1 heterocycles. The number of carbonyl (C=O) groups is 1. The van der Waals surface area contributed by atoms with Gasteiger partial charge in [-0.1, -0.05) is 37.3 Å². The normalized spacial score (nSPS) is 21.1. The second kappa shape index (κ2) is 5.64. The summed E-state index contributed by atoms with van der Waals surface area (Å²) in [6.45, 7) is 1.09. The molecule has 2 rings (SSSR count). The van der Waals surface area contributed by atoms with Crippen molar-refractivity contribution in [3.63, 3.8) is 0 Å². The molecule has 0 saturated heterocycles. The van der Waals surface area contributed by atoms with Crippen LogP contribution in [0.15, 0.2) is 35.3 Å². The van der Waals surface area contributed by atoms with Crippen molar-refractivity contribution < 1.29 is 22.7 Å². The van der Waals surface area contributed by atoms with E-state index in [0.717, 1.165) is 12.5 Å². The molecule has 0 saturated carbocycles. The Morgan fingerprint density at radius 3 is 2.60 bits per heavy atom. The van der Waals surface area contributed by atoms with Gasteiger partial charge >= 0.3 is 12.1 Å². The number of nitrogens with zero attached hydrogens (tertiary/aromatic N) is 1. The van der Waals surface area contributed by atoms with Crippen LogP contribution in [0.3, 0.4) is 0 Å². The fourth-order valence-electron chi connectivity index (χ4n) is 1.90. The highest BCUT2D eigenvalue weighted by Gasteiger charge is 2.38. The van der Waals surface area contributed by atoms with Gasteiger partial charge in [0.25, 0.3) is 0 Å². The molecule has 2 atom stereocenters. The first kappa shape index (κ1) is 14.6. The molecule has 3 nitrogen and oxygen atoms in total. The highest BCUT2D eigenvalue weighted by molar-refractivity contribution is 6.36. The highest BCUT2D eigenvalue weighted by Crippen LogP contribution is 2.30. The fourth-order valence-corrected chi connectivity index (χ4v) is 1.90. The Hall–Kier alpha value is -1.85. The molecule has 20 heavy (non-hydrogen) atoms. The first-order chi connectivity index (χ1) is 9.38. The number of ether oxygens (including phenoxy) is 1. The van der Waals surface area contributed by atoms with Crippen molar-refractivity contribution in [2.75, 3.05) is 6.61 Å². The molecule has 0 unspecified atom stereocenters. The topological polar surface area (TPSA) is 38.7 Å². The van der Waals surface area contributed by atoms with E-state index in [2.05, 4.69) is 4.99 Å².